The highest BCUT2D eigenvalue weighted by molar-refractivity contribution is 5.85. The summed E-state index contributed by atoms with van der Waals surface area (Å²) in [5, 5.41) is 6.47. The van der Waals surface area contributed by atoms with Crippen LogP contribution >= 0.6 is 0 Å². The van der Waals surface area contributed by atoms with Gasteiger partial charge in [0, 0.05) is 13.7 Å². The Morgan fingerprint density at radius 3 is 2.37 bits per heavy atom. The molecule has 4 nitrogen and oxygen atoms in total. The number of piperidine rings is 1. The molecule has 1 amide bonds. The molecule has 0 aromatic rings. The summed E-state index contributed by atoms with van der Waals surface area (Å²) in [4.78, 5) is 12.5. The highest BCUT2D eigenvalue weighted by atomic mass is 16.5. The van der Waals surface area contributed by atoms with E-state index in [1.54, 1.807) is 7.11 Å². The van der Waals surface area contributed by atoms with Gasteiger partial charge in [0.05, 0.1) is 0 Å². The van der Waals surface area contributed by atoms with E-state index >= 15 is 0 Å². The van der Waals surface area contributed by atoms with Gasteiger partial charge < -0.3 is 15.4 Å². The van der Waals surface area contributed by atoms with E-state index in [2.05, 4.69) is 17.6 Å². The van der Waals surface area contributed by atoms with Crippen LogP contribution in [0.1, 0.15) is 51.9 Å². The average molecular weight is 268 g/mol. The normalized spacial score (nSPS) is 25.2. The van der Waals surface area contributed by atoms with Gasteiger partial charge in [0.1, 0.15) is 5.60 Å². The van der Waals surface area contributed by atoms with E-state index in [9.17, 15) is 4.79 Å². The van der Waals surface area contributed by atoms with Crippen molar-refractivity contribution >= 4 is 5.91 Å². The summed E-state index contributed by atoms with van der Waals surface area (Å²) in [6, 6.07) is 0. The van der Waals surface area contributed by atoms with Crippen molar-refractivity contribution in [1.29, 1.82) is 0 Å². The predicted octanol–water partition coefficient (Wildman–Crippen LogP) is 1.84. The molecule has 2 aliphatic rings. The predicted molar refractivity (Wildman–Crippen MR) is 76.0 cm³/mol. The van der Waals surface area contributed by atoms with Crippen molar-refractivity contribution < 1.29 is 9.53 Å². The zero-order valence-electron chi connectivity index (χ0n) is 12.4. The van der Waals surface area contributed by atoms with E-state index in [-0.39, 0.29) is 5.91 Å². The van der Waals surface area contributed by atoms with Crippen LogP contribution in [-0.4, -0.2) is 38.3 Å². The fraction of sp³-hybridized carbons (Fsp3) is 0.933. The first-order chi connectivity index (χ1) is 9.16. The quantitative estimate of drug-likeness (QED) is 0.800. The van der Waals surface area contributed by atoms with Gasteiger partial charge in [-0.15, -0.1) is 0 Å². The number of ether oxygens (including phenoxy) is 1. The van der Waals surface area contributed by atoms with Crippen LogP contribution in [0.2, 0.25) is 0 Å². The lowest BCUT2D eigenvalue weighted by Crippen LogP contribution is -2.55. The van der Waals surface area contributed by atoms with Gasteiger partial charge in [0.15, 0.2) is 0 Å². The second-order valence-corrected chi connectivity index (χ2v) is 6.19. The standard InChI is InChI=1S/C15H28N2O2/c1-3-14(6-4-5-7-14)12-17-13(18)15(19-2)8-10-16-11-9-15/h16H,3-12H2,1-2H3,(H,17,18). The number of rotatable bonds is 5. The van der Waals surface area contributed by atoms with Gasteiger partial charge in [-0.1, -0.05) is 19.8 Å². The summed E-state index contributed by atoms with van der Waals surface area (Å²) in [7, 11) is 1.66. The maximum Gasteiger partial charge on any atom is 0.252 e. The smallest absolute Gasteiger partial charge is 0.252 e. The van der Waals surface area contributed by atoms with Crippen LogP contribution in [0.15, 0.2) is 0 Å². The van der Waals surface area contributed by atoms with Gasteiger partial charge in [-0.3, -0.25) is 4.79 Å². The molecular formula is C15H28N2O2. The lowest BCUT2D eigenvalue weighted by Gasteiger charge is -2.36. The number of methoxy groups -OCH3 is 1. The number of hydrogen-bond donors (Lipinski definition) is 2. The van der Waals surface area contributed by atoms with Crippen molar-refractivity contribution in [1.82, 2.24) is 10.6 Å². The number of carbonyl (C=O) groups excluding carboxylic acids is 1. The Kier molecular flexibility index (Phi) is 4.85. The first kappa shape index (κ1) is 14.8. The minimum Gasteiger partial charge on any atom is -0.368 e. The number of amides is 1. The molecule has 0 bridgehead atoms. The summed E-state index contributed by atoms with van der Waals surface area (Å²) < 4.78 is 5.57. The largest absolute Gasteiger partial charge is 0.368 e. The topological polar surface area (TPSA) is 50.4 Å². The van der Waals surface area contributed by atoms with Crippen LogP contribution in [-0.2, 0) is 9.53 Å². The fourth-order valence-corrected chi connectivity index (χ4v) is 3.56. The van der Waals surface area contributed by atoms with Gasteiger partial charge in [-0.2, -0.15) is 0 Å². The molecule has 1 saturated heterocycles. The lowest BCUT2D eigenvalue weighted by molar-refractivity contribution is -0.147. The molecule has 4 heteroatoms. The number of hydrogen-bond acceptors (Lipinski definition) is 3. The monoisotopic (exact) mass is 268 g/mol. The molecule has 2 rings (SSSR count). The molecule has 110 valence electrons. The molecule has 0 aromatic heterocycles. The Morgan fingerprint density at radius 1 is 1.21 bits per heavy atom. The Bertz CT molecular complexity index is 305. The zero-order valence-corrected chi connectivity index (χ0v) is 12.4. The molecule has 1 aliphatic heterocycles. The minimum absolute atomic E-state index is 0.0937. The minimum atomic E-state index is -0.598. The Labute approximate surface area is 116 Å². The molecular weight excluding hydrogens is 240 g/mol. The van der Waals surface area contributed by atoms with Crippen LogP contribution < -0.4 is 10.6 Å². The summed E-state index contributed by atoms with van der Waals surface area (Å²) >= 11 is 0. The molecule has 0 radical (unpaired) electrons. The summed E-state index contributed by atoms with van der Waals surface area (Å²) in [6.07, 6.45) is 7.83. The molecule has 19 heavy (non-hydrogen) atoms. The number of carbonyl (C=O) groups is 1. The Balaban J connectivity index is 1.92. The molecule has 0 aromatic carbocycles. The van der Waals surface area contributed by atoms with E-state index in [0.717, 1.165) is 38.9 Å². The van der Waals surface area contributed by atoms with Crippen LogP contribution in [0.3, 0.4) is 0 Å². The van der Waals surface area contributed by atoms with Crippen LogP contribution in [0.4, 0.5) is 0 Å². The molecule has 1 heterocycles. The molecule has 1 saturated carbocycles. The first-order valence-corrected chi connectivity index (χ1v) is 7.71. The third-order valence-corrected chi connectivity index (χ3v) is 5.25. The van der Waals surface area contributed by atoms with Crippen LogP contribution in [0.5, 0.6) is 0 Å². The number of nitrogens with one attached hydrogen (secondary N) is 2. The molecule has 0 atom stereocenters. The molecule has 2 fully saturated rings. The van der Waals surface area contributed by atoms with E-state index in [1.807, 2.05) is 0 Å². The summed E-state index contributed by atoms with van der Waals surface area (Å²) in [6.45, 7) is 4.79. The van der Waals surface area contributed by atoms with Crippen molar-refractivity contribution in [3.8, 4) is 0 Å². The Morgan fingerprint density at radius 2 is 1.84 bits per heavy atom. The molecule has 2 N–H and O–H groups in total. The average Bonchev–Trinajstić information content (AvgIpc) is 2.95. The summed E-state index contributed by atoms with van der Waals surface area (Å²) in [5.74, 6) is 0.0937. The fourth-order valence-electron chi connectivity index (χ4n) is 3.56. The van der Waals surface area contributed by atoms with Gasteiger partial charge in [0.25, 0.3) is 5.91 Å². The van der Waals surface area contributed by atoms with Crippen LogP contribution in [0, 0.1) is 5.41 Å². The third kappa shape index (κ3) is 3.11. The highest BCUT2D eigenvalue weighted by Crippen LogP contribution is 2.40. The van der Waals surface area contributed by atoms with Crippen molar-refractivity contribution in [2.24, 2.45) is 5.41 Å². The third-order valence-electron chi connectivity index (χ3n) is 5.25. The Hall–Kier alpha value is -0.610. The molecule has 0 spiro atoms. The van der Waals surface area contributed by atoms with Crippen LogP contribution in [0.25, 0.3) is 0 Å². The van der Waals surface area contributed by atoms with Gasteiger partial charge in [-0.05, 0) is 50.6 Å². The van der Waals surface area contributed by atoms with Gasteiger partial charge in [0.2, 0.25) is 0 Å². The van der Waals surface area contributed by atoms with Crippen molar-refractivity contribution in [2.75, 3.05) is 26.7 Å². The SMILES string of the molecule is CCC1(CNC(=O)C2(OC)CCNCC2)CCCC1. The van der Waals surface area contributed by atoms with Crippen molar-refractivity contribution in [3.05, 3.63) is 0 Å². The zero-order chi connectivity index (χ0) is 13.8. The highest BCUT2D eigenvalue weighted by Gasteiger charge is 2.41. The summed E-state index contributed by atoms with van der Waals surface area (Å²) in [5.41, 5.74) is -0.254. The first-order valence-electron chi connectivity index (χ1n) is 7.71. The maximum absolute atomic E-state index is 12.5. The van der Waals surface area contributed by atoms with Gasteiger partial charge >= 0.3 is 0 Å². The molecule has 1 aliphatic carbocycles. The maximum atomic E-state index is 12.5. The van der Waals surface area contributed by atoms with E-state index < -0.39 is 5.60 Å². The second-order valence-electron chi connectivity index (χ2n) is 6.19. The van der Waals surface area contributed by atoms with Crippen molar-refractivity contribution in [2.45, 2.75) is 57.5 Å². The van der Waals surface area contributed by atoms with E-state index in [0.29, 0.717) is 5.41 Å². The van der Waals surface area contributed by atoms with Gasteiger partial charge in [-0.25, -0.2) is 0 Å². The van der Waals surface area contributed by atoms with Crippen molar-refractivity contribution in [3.63, 3.8) is 0 Å². The van der Waals surface area contributed by atoms with E-state index in [4.69, 9.17) is 4.74 Å². The van der Waals surface area contributed by atoms with E-state index in [1.165, 1.54) is 25.7 Å². The molecule has 0 unspecified atom stereocenters. The lowest BCUT2D eigenvalue weighted by atomic mass is 9.83. The second kappa shape index (κ2) is 6.23.